The fourth-order valence-electron chi connectivity index (χ4n) is 2.62. The molecule has 9 heteroatoms. The van der Waals surface area contributed by atoms with Crippen LogP contribution in [0.1, 0.15) is 20.7 Å². The van der Waals surface area contributed by atoms with E-state index in [2.05, 4.69) is 10.0 Å². The van der Waals surface area contributed by atoms with Crippen LogP contribution in [0.2, 0.25) is 0 Å². The first kappa shape index (κ1) is 21.4. The minimum atomic E-state index is -0.654. The third-order valence-electron chi connectivity index (χ3n) is 3.96. The van der Waals surface area contributed by atoms with Crippen LogP contribution < -0.4 is 15.8 Å². The van der Waals surface area contributed by atoms with Crippen LogP contribution >= 0.6 is 23.3 Å². The van der Waals surface area contributed by atoms with E-state index in [4.69, 9.17) is 10.5 Å². The van der Waals surface area contributed by atoms with Crippen molar-refractivity contribution in [3.63, 3.8) is 0 Å². The normalized spacial score (nSPS) is 10.3. The summed E-state index contributed by atoms with van der Waals surface area (Å²) in [6.45, 7) is -0.490. The fourth-order valence-corrected chi connectivity index (χ4v) is 4.06. The Morgan fingerprint density at radius 3 is 2.53 bits per heavy atom. The summed E-state index contributed by atoms with van der Waals surface area (Å²) >= 11 is 2.62. The van der Waals surface area contributed by atoms with E-state index in [1.165, 1.54) is 23.3 Å². The van der Waals surface area contributed by atoms with E-state index < -0.39 is 24.4 Å². The molecular formula is C21H19N3O4S2. The van der Waals surface area contributed by atoms with Crippen LogP contribution in [0.15, 0.2) is 60.7 Å². The highest BCUT2D eigenvalue weighted by molar-refractivity contribution is 7.99. The second-order valence-electron chi connectivity index (χ2n) is 6.10. The SMILES string of the molecule is CSNc1cccc(C(=O)OCC(=O)Nc2sc(-c3ccccc3)cc2C(N)=O)c1. The molecule has 0 aliphatic heterocycles. The molecule has 30 heavy (non-hydrogen) atoms. The van der Waals surface area contributed by atoms with E-state index in [-0.39, 0.29) is 5.56 Å². The third kappa shape index (κ3) is 5.40. The summed E-state index contributed by atoms with van der Waals surface area (Å²) in [6, 6.07) is 17.8. The number of esters is 1. The van der Waals surface area contributed by atoms with Gasteiger partial charge in [-0.1, -0.05) is 48.3 Å². The predicted molar refractivity (Wildman–Crippen MR) is 121 cm³/mol. The summed E-state index contributed by atoms with van der Waals surface area (Å²) in [5.74, 6) is -1.84. The molecule has 1 heterocycles. The van der Waals surface area contributed by atoms with E-state index in [1.54, 1.807) is 24.3 Å². The number of ether oxygens (including phenoxy) is 1. The van der Waals surface area contributed by atoms with Crippen molar-refractivity contribution in [2.75, 3.05) is 22.9 Å². The largest absolute Gasteiger partial charge is 0.452 e. The number of amides is 2. The van der Waals surface area contributed by atoms with Gasteiger partial charge in [-0.3, -0.25) is 9.59 Å². The molecule has 0 atom stereocenters. The fraction of sp³-hybridized carbons (Fsp3) is 0.0952. The van der Waals surface area contributed by atoms with Crippen molar-refractivity contribution in [1.82, 2.24) is 0 Å². The molecule has 3 aromatic rings. The van der Waals surface area contributed by atoms with Gasteiger partial charge in [0.2, 0.25) is 0 Å². The number of benzene rings is 2. The highest BCUT2D eigenvalue weighted by Gasteiger charge is 2.18. The molecule has 0 saturated heterocycles. The van der Waals surface area contributed by atoms with Crippen LogP contribution in [0.3, 0.4) is 0 Å². The van der Waals surface area contributed by atoms with Gasteiger partial charge in [-0.25, -0.2) is 4.79 Å². The molecule has 2 aromatic carbocycles. The van der Waals surface area contributed by atoms with Gasteiger partial charge in [-0.15, -0.1) is 11.3 Å². The second-order valence-corrected chi connectivity index (χ2v) is 7.76. The first-order valence-corrected chi connectivity index (χ1v) is 10.9. The minimum absolute atomic E-state index is 0.203. The smallest absolute Gasteiger partial charge is 0.338 e. The van der Waals surface area contributed by atoms with E-state index in [9.17, 15) is 14.4 Å². The van der Waals surface area contributed by atoms with Crippen molar-refractivity contribution < 1.29 is 19.1 Å². The molecule has 0 radical (unpaired) electrons. The number of nitrogens with one attached hydrogen (secondary N) is 2. The molecule has 3 rings (SSSR count). The monoisotopic (exact) mass is 441 g/mol. The molecule has 0 saturated carbocycles. The number of anilines is 2. The molecule has 7 nitrogen and oxygen atoms in total. The van der Waals surface area contributed by atoms with Crippen LogP contribution in [-0.4, -0.2) is 30.6 Å². The predicted octanol–water partition coefficient (Wildman–Crippen LogP) is 4.00. The lowest BCUT2D eigenvalue weighted by Crippen LogP contribution is -2.22. The Morgan fingerprint density at radius 2 is 1.83 bits per heavy atom. The van der Waals surface area contributed by atoms with E-state index in [0.29, 0.717) is 10.6 Å². The van der Waals surface area contributed by atoms with Crippen molar-refractivity contribution in [3.05, 3.63) is 71.8 Å². The summed E-state index contributed by atoms with van der Waals surface area (Å²) in [6.07, 6.45) is 1.86. The standard InChI is InChI=1S/C21H19N3O4S2/c1-29-24-15-9-5-8-14(10-15)21(27)28-12-18(25)23-20-16(19(22)26)11-17(30-20)13-6-3-2-4-7-13/h2-11,24H,12H2,1H3,(H2,22,26)(H,23,25). The maximum Gasteiger partial charge on any atom is 0.338 e. The zero-order valence-corrected chi connectivity index (χ0v) is 17.6. The Labute approximate surface area is 181 Å². The van der Waals surface area contributed by atoms with Crippen molar-refractivity contribution in [2.45, 2.75) is 0 Å². The van der Waals surface area contributed by atoms with Crippen molar-refractivity contribution >= 4 is 51.8 Å². The first-order valence-electron chi connectivity index (χ1n) is 8.83. The summed E-state index contributed by atoms with van der Waals surface area (Å²) in [7, 11) is 0. The number of hydrogen-bond donors (Lipinski definition) is 3. The average Bonchev–Trinajstić information content (AvgIpc) is 3.17. The Balaban J connectivity index is 1.66. The molecule has 0 fully saturated rings. The number of carbonyl (C=O) groups is 3. The molecular weight excluding hydrogens is 422 g/mol. The van der Waals surface area contributed by atoms with E-state index >= 15 is 0 Å². The second kappa shape index (κ2) is 9.95. The lowest BCUT2D eigenvalue weighted by Gasteiger charge is -2.08. The summed E-state index contributed by atoms with van der Waals surface area (Å²) < 4.78 is 8.11. The Kier molecular flexibility index (Phi) is 7.10. The number of carbonyl (C=O) groups excluding carboxylic acids is 3. The van der Waals surface area contributed by atoms with Crippen molar-refractivity contribution in [3.8, 4) is 10.4 Å². The molecule has 4 N–H and O–H groups in total. The van der Waals surface area contributed by atoms with Crippen LogP contribution in [0.5, 0.6) is 0 Å². The number of thiophene rings is 1. The van der Waals surface area contributed by atoms with E-state index in [0.717, 1.165) is 16.1 Å². The van der Waals surface area contributed by atoms with Gasteiger partial charge in [0.15, 0.2) is 6.61 Å². The number of hydrogen-bond acceptors (Lipinski definition) is 7. The Hall–Kier alpha value is -3.30. The first-order chi connectivity index (χ1) is 14.5. The topological polar surface area (TPSA) is 111 Å². The van der Waals surface area contributed by atoms with Gasteiger partial charge < -0.3 is 20.5 Å². The van der Waals surface area contributed by atoms with Gasteiger partial charge in [0.05, 0.1) is 11.1 Å². The molecule has 154 valence electrons. The lowest BCUT2D eigenvalue weighted by atomic mass is 10.1. The van der Waals surface area contributed by atoms with Gasteiger partial charge in [0.1, 0.15) is 5.00 Å². The quantitative estimate of drug-likeness (QED) is 0.360. The lowest BCUT2D eigenvalue weighted by molar-refractivity contribution is -0.119. The molecule has 0 aliphatic rings. The van der Waals surface area contributed by atoms with Crippen molar-refractivity contribution in [2.24, 2.45) is 5.73 Å². The van der Waals surface area contributed by atoms with Gasteiger partial charge >= 0.3 is 5.97 Å². The van der Waals surface area contributed by atoms with Gasteiger partial charge in [0, 0.05) is 16.8 Å². The van der Waals surface area contributed by atoms with Gasteiger partial charge in [0.25, 0.3) is 11.8 Å². The van der Waals surface area contributed by atoms with Crippen LogP contribution in [0, 0.1) is 0 Å². The van der Waals surface area contributed by atoms with Crippen LogP contribution in [-0.2, 0) is 9.53 Å². The summed E-state index contributed by atoms with van der Waals surface area (Å²) in [5, 5.41) is 2.92. The highest BCUT2D eigenvalue weighted by Crippen LogP contribution is 2.35. The van der Waals surface area contributed by atoms with Crippen LogP contribution in [0.25, 0.3) is 10.4 Å². The molecule has 0 aliphatic carbocycles. The zero-order valence-electron chi connectivity index (χ0n) is 16.0. The van der Waals surface area contributed by atoms with Gasteiger partial charge in [-0.2, -0.15) is 0 Å². The molecule has 1 aromatic heterocycles. The minimum Gasteiger partial charge on any atom is -0.452 e. The maximum absolute atomic E-state index is 12.3. The molecule has 2 amide bonds. The highest BCUT2D eigenvalue weighted by atomic mass is 32.2. The number of primary amides is 1. The maximum atomic E-state index is 12.3. The molecule has 0 unspecified atom stereocenters. The molecule has 0 spiro atoms. The summed E-state index contributed by atoms with van der Waals surface area (Å²) in [4.78, 5) is 37.1. The van der Waals surface area contributed by atoms with Crippen molar-refractivity contribution in [1.29, 1.82) is 0 Å². The Bertz CT molecular complexity index is 1070. The summed E-state index contributed by atoms with van der Waals surface area (Å²) in [5.41, 5.74) is 7.61. The van der Waals surface area contributed by atoms with Gasteiger partial charge in [-0.05, 0) is 29.8 Å². The third-order valence-corrected chi connectivity index (χ3v) is 5.50. The Morgan fingerprint density at radius 1 is 1.07 bits per heavy atom. The number of nitrogens with two attached hydrogens (primary N) is 1. The number of rotatable bonds is 8. The van der Waals surface area contributed by atoms with E-state index in [1.807, 2.05) is 42.7 Å². The van der Waals surface area contributed by atoms with Crippen LogP contribution in [0.4, 0.5) is 10.7 Å². The zero-order chi connectivity index (χ0) is 21.5. The average molecular weight is 442 g/mol. The molecule has 0 bridgehead atoms.